The zero-order valence-corrected chi connectivity index (χ0v) is 11.7. The molecule has 0 saturated carbocycles. The van der Waals surface area contributed by atoms with Gasteiger partial charge < -0.3 is 4.90 Å². The normalized spacial score (nSPS) is 13.0. The van der Waals surface area contributed by atoms with Crippen molar-refractivity contribution < 1.29 is 0 Å². The van der Waals surface area contributed by atoms with Crippen molar-refractivity contribution in [3.05, 3.63) is 22.8 Å². The lowest BCUT2D eigenvalue weighted by atomic mass is 9.87. The van der Waals surface area contributed by atoms with Crippen LogP contribution in [0.1, 0.15) is 33.3 Å². The van der Waals surface area contributed by atoms with Crippen molar-refractivity contribution in [2.45, 2.75) is 33.7 Å². The maximum Gasteiger partial charge on any atom is 0.148 e. The highest BCUT2D eigenvalue weighted by molar-refractivity contribution is 6.34. The van der Waals surface area contributed by atoms with E-state index in [2.05, 4.69) is 38.7 Å². The first-order chi connectivity index (χ1) is 7.79. The van der Waals surface area contributed by atoms with Crippen LogP contribution in [-0.2, 0) is 0 Å². The lowest BCUT2D eigenvalue weighted by molar-refractivity contribution is 0.328. The highest BCUT2D eigenvalue weighted by Gasteiger charge is 2.26. The number of hydrogen-bond donors (Lipinski definition) is 0. The first kappa shape index (κ1) is 13.8. The first-order valence-corrected chi connectivity index (χ1v) is 5.94. The van der Waals surface area contributed by atoms with Gasteiger partial charge in [0.1, 0.15) is 16.9 Å². The lowest BCUT2D eigenvalue weighted by Gasteiger charge is -2.36. The van der Waals surface area contributed by atoms with E-state index in [1.807, 2.05) is 11.9 Å². The minimum absolute atomic E-state index is 0.113. The molecular weight excluding hydrogens is 234 g/mol. The van der Waals surface area contributed by atoms with Gasteiger partial charge in [0, 0.05) is 19.3 Å². The predicted molar refractivity (Wildman–Crippen MR) is 71.3 cm³/mol. The van der Waals surface area contributed by atoms with Crippen LogP contribution in [0.3, 0.4) is 0 Å². The second-order valence-electron chi connectivity index (χ2n) is 5.26. The van der Waals surface area contributed by atoms with Crippen molar-refractivity contribution in [1.29, 1.82) is 5.26 Å². The van der Waals surface area contributed by atoms with Crippen LogP contribution >= 0.6 is 11.6 Å². The highest BCUT2D eigenvalue weighted by atomic mass is 35.5. The number of pyridine rings is 1. The summed E-state index contributed by atoms with van der Waals surface area (Å²) in [5, 5.41) is 9.37. The van der Waals surface area contributed by atoms with Gasteiger partial charge in [-0.3, -0.25) is 0 Å². The third kappa shape index (κ3) is 2.89. The molecule has 0 radical (unpaired) electrons. The average molecular weight is 252 g/mol. The number of hydrogen-bond acceptors (Lipinski definition) is 3. The summed E-state index contributed by atoms with van der Waals surface area (Å²) in [7, 11) is 1.95. The SMILES string of the molecule is CC(N(C)c1nccc(C#N)c1Cl)C(C)(C)C. The van der Waals surface area contributed by atoms with E-state index in [9.17, 15) is 0 Å². The summed E-state index contributed by atoms with van der Waals surface area (Å²) in [6, 6.07) is 3.96. The molecule has 1 rings (SSSR count). The molecule has 1 atom stereocenters. The van der Waals surface area contributed by atoms with Crippen molar-refractivity contribution in [2.75, 3.05) is 11.9 Å². The number of nitrogens with zero attached hydrogens (tertiary/aromatic N) is 3. The van der Waals surface area contributed by atoms with E-state index in [0.717, 1.165) is 0 Å². The van der Waals surface area contributed by atoms with E-state index in [-0.39, 0.29) is 11.5 Å². The number of rotatable bonds is 2. The molecule has 1 heterocycles. The van der Waals surface area contributed by atoms with Crippen LogP contribution in [0.25, 0.3) is 0 Å². The van der Waals surface area contributed by atoms with E-state index in [1.165, 1.54) is 0 Å². The van der Waals surface area contributed by atoms with Gasteiger partial charge in [-0.15, -0.1) is 0 Å². The monoisotopic (exact) mass is 251 g/mol. The largest absolute Gasteiger partial charge is 0.355 e. The summed E-state index contributed by atoms with van der Waals surface area (Å²) >= 11 is 6.17. The molecule has 0 bridgehead atoms. The van der Waals surface area contributed by atoms with Gasteiger partial charge in [0.2, 0.25) is 0 Å². The van der Waals surface area contributed by atoms with Gasteiger partial charge in [-0.2, -0.15) is 5.26 Å². The minimum Gasteiger partial charge on any atom is -0.355 e. The smallest absolute Gasteiger partial charge is 0.148 e. The second kappa shape index (κ2) is 4.93. The van der Waals surface area contributed by atoms with E-state index < -0.39 is 0 Å². The molecular formula is C13H18ClN3. The molecule has 0 aliphatic carbocycles. The van der Waals surface area contributed by atoms with Gasteiger partial charge in [-0.05, 0) is 18.4 Å². The molecule has 1 aromatic heterocycles. The molecule has 0 aliphatic rings. The fourth-order valence-corrected chi connectivity index (χ4v) is 1.82. The molecule has 0 fully saturated rings. The number of halogens is 1. The molecule has 1 unspecified atom stereocenters. The topological polar surface area (TPSA) is 39.9 Å². The van der Waals surface area contributed by atoms with Gasteiger partial charge in [0.05, 0.1) is 5.56 Å². The van der Waals surface area contributed by atoms with E-state index in [0.29, 0.717) is 16.4 Å². The molecule has 3 nitrogen and oxygen atoms in total. The van der Waals surface area contributed by atoms with Gasteiger partial charge in [0.25, 0.3) is 0 Å². The van der Waals surface area contributed by atoms with Gasteiger partial charge >= 0.3 is 0 Å². The molecule has 0 amide bonds. The third-order valence-corrected chi connectivity index (χ3v) is 3.53. The molecule has 92 valence electrons. The summed E-state index contributed by atoms with van der Waals surface area (Å²) in [5.41, 5.74) is 0.576. The average Bonchev–Trinajstić information content (AvgIpc) is 2.26. The van der Waals surface area contributed by atoms with E-state index in [1.54, 1.807) is 12.3 Å². The van der Waals surface area contributed by atoms with Crippen LogP contribution in [0.4, 0.5) is 5.82 Å². The third-order valence-electron chi connectivity index (χ3n) is 3.16. The van der Waals surface area contributed by atoms with E-state index in [4.69, 9.17) is 16.9 Å². The Labute approximate surface area is 108 Å². The Morgan fingerprint density at radius 3 is 2.53 bits per heavy atom. The van der Waals surface area contributed by atoms with Crippen molar-refractivity contribution >= 4 is 17.4 Å². The molecule has 0 aliphatic heterocycles. The minimum atomic E-state index is 0.113. The summed E-state index contributed by atoms with van der Waals surface area (Å²) in [6.07, 6.45) is 1.62. The van der Waals surface area contributed by atoms with Gasteiger partial charge in [-0.25, -0.2) is 4.98 Å². The van der Waals surface area contributed by atoms with Crippen LogP contribution in [0, 0.1) is 16.7 Å². The Bertz CT molecular complexity index is 443. The van der Waals surface area contributed by atoms with Gasteiger partial charge in [-0.1, -0.05) is 32.4 Å². The Morgan fingerprint density at radius 1 is 1.47 bits per heavy atom. The predicted octanol–water partition coefficient (Wildman–Crippen LogP) is 3.48. The maximum atomic E-state index is 8.94. The van der Waals surface area contributed by atoms with Crippen LogP contribution in [-0.4, -0.2) is 18.1 Å². The molecule has 0 N–H and O–H groups in total. The summed E-state index contributed by atoms with van der Waals surface area (Å²) in [6.45, 7) is 8.61. The molecule has 1 aromatic rings. The van der Waals surface area contributed by atoms with Crippen LogP contribution < -0.4 is 4.90 Å². The Hall–Kier alpha value is -1.27. The highest BCUT2D eigenvalue weighted by Crippen LogP contribution is 2.31. The second-order valence-corrected chi connectivity index (χ2v) is 5.64. The molecule has 0 saturated heterocycles. The van der Waals surface area contributed by atoms with Crippen molar-refractivity contribution in [2.24, 2.45) is 5.41 Å². The van der Waals surface area contributed by atoms with Crippen LogP contribution in [0.15, 0.2) is 12.3 Å². The number of nitriles is 1. The summed E-state index contributed by atoms with van der Waals surface area (Å²) in [4.78, 5) is 6.28. The first-order valence-electron chi connectivity index (χ1n) is 5.56. The Balaban J connectivity index is 3.14. The Morgan fingerprint density at radius 2 is 2.06 bits per heavy atom. The maximum absolute atomic E-state index is 8.94. The fourth-order valence-electron chi connectivity index (χ4n) is 1.53. The lowest BCUT2D eigenvalue weighted by Crippen LogP contribution is -2.40. The standard InChI is InChI=1S/C13H18ClN3/c1-9(13(2,3)4)17(5)12-11(14)10(8-15)6-7-16-12/h6-7,9H,1-5H3. The summed E-state index contributed by atoms with van der Waals surface area (Å²) < 4.78 is 0. The quantitative estimate of drug-likeness (QED) is 0.808. The van der Waals surface area contributed by atoms with E-state index >= 15 is 0 Å². The van der Waals surface area contributed by atoms with Crippen LogP contribution in [0.5, 0.6) is 0 Å². The van der Waals surface area contributed by atoms with Gasteiger partial charge in [0.15, 0.2) is 0 Å². The zero-order chi connectivity index (χ0) is 13.2. The summed E-state index contributed by atoms with van der Waals surface area (Å²) in [5.74, 6) is 0.660. The molecule has 4 heteroatoms. The number of anilines is 1. The molecule has 0 spiro atoms. The number of aromatic nitrogens is 1. The molecule has 17 heavy (non-hydrogen) atoms. The van der Waals surface area contributed by atoms with Crippen molar-refractivity contribution in [3.63, 3.8) is 0 Å². The Kier molecular flexibility index (Phi) is 4.00. The zero-order valence-electron chi connectivity index (χ0n) is 11.0. The fraction of sp³-hybridized carbons (Fsp3) is 0.538. The molecule has 0 aromatic carbocycles. The van der Waals surface area contributed by atoms with Crippen LogP contribution in [0.2, 0.25) is 5.02 Å². The van der Waals surface area contributed by atoms with Crippen molar-refractivity contribution in [3.8, 4) is 6.07 Å². The van der Waals surface area contributed by atoms with Crippen molar-refractivity contribution in [1.82, 2.24) is 4.98 Å².